The molecule has 1 aromatic heterocycles. The quantitative estimate of drug-likeness (QED) is 0.838. The van der Waals surface area contributed by atoms with E-state index >= 15 is 0 Å². The fourth-order valence-electron chi connectivity index (χ4n) is 3.14. The van der Waals surface area contributed by atoms with E-state index in [4.69, 9.17) is 4.74 Å². The first-order valence-corrected chi connectivity index (χ1v) is 9.07. The van der Waals surface area contributed by atoms with Gasteiger partial charge in [0.25, 0.3) is 0 Å². The number of aromatic nitrogens is 1. The van der Waals surface area contributed by atoms with Gasteiger partial charge in [0.2, 0.25) is 5.91 Å². The van der Waals surface area contributed by atoms with Gasteiger partial charge in [0.15, 0.2) is 0 Å². The molecule has 0 spiro atoms. The van der Waals surface area contributed by atoms with Gasteiger partial charge in [-0.05, 0) is 49.8 Å². The maximum absolute atomic E-state index is 12.3. The molecule has 4 heteroatoms. The SMILES string of the molecule is Cc1ccc(Cn2ccccc2=NC(=O)CCC2CCCOC2)cc1. The highest BCUT2D eigenvalue weighted by Crippen LogP contribution is 2.18. The first kappa shape index (κ1) is 17.6. The number of nitrogens with zero attached hydrogens (tertiary/aromatic N) is 2. The van der Waals surface area contributed by atoms with Crippen molar-refractivity contribution >= 4 is 5.91 Å². The Morgan fingerprint density at radius 3 is 2.84 bits per heavy atom. The van der Waals surface area contributed by atoms with Crippen molar-refractivity contribution in [2.75, 3.05) is 13.2 Å². The fraction of sp³-hybridized carbons (Fsp3) is 0.429. The van der Waals surface area contributed by atoms with Crippen LogP contribution in [0.4, 0.5) is 0 Å². The summed E-state index contributed by atoms with van der Waals surface area (Å²) in [4.78, 5) is 16.6. The average Bonchev–Trinajstić information content (AvgIpc) is 2.64. The minimum absolute atomic E-state index is 0.0468. The fourth-order valence-corrected chi connectivity index (χ4v) is 3.14. The zero-order valence-electron chi connectivity index (χ0n) is 14.9. The number of carbonyl (C=O) groups is 1. The van der Waals surface area contributed by atoms with E-state index < -0.39 is 0 Å². The molecule has 1 aromatic carbocycles. The molecular formula is C21H26N2O2. The molecule has 1 saturated heterocycles. The summed E-state index contributed by atoms with van der Waals surface area (Å²) in [6, 6.07) is 14.2. The summed E-state index contributed by atoms with van der Waals surface area (Å²) < 4.78 is 7.50. The van der Waals surface area contributed by atoms with E-state index in [1.807, 2.05) is 29.0 Å². The standard InChI is InChI=1S/C21H26N2O2/c1-17-7-9-18(10-8-17)15-23-13-3-2-6-20(23)22-21(24)12-11-19-5-4-14-25-16-19/h2-3,6-10,13,19H,4-5,11-12,14-16H2,1H3. The van der Waals surface area contributed by atoms with Gasteiger partial charge in [-0.2, -0.15) is 4.99 Å². The van der Waals surface area contributed by atoms with Crippen LogP contribution in [0.3, 0.4) is 0 Å². The molecule has 1 aliphatic rings. The predicted molar refractivity (Wildman–Crippen MR) is 98.1 cm³/mol. The summed E-state index contributed by atoms with van der Waals surface area (Å²) in [5.41, 5.74) is 3.16. The van der Waals surface area contributed by atoms with Crippen LogP contribution in [0.25, 0.3) is 0 Å². The third kappa shape index (κ3) is 5.40. The molecule has 1 atom stereocenters. The molecule has 2 aromatic rings. The summed E-state index contributed by atoms with van der Waals surface area (Å²) in [5, 5.41) is 0. The molecule has 132 valence electrons. The Bertz CT molecular complexity index is 756. The number of hydrogen-bond acceptors (Lipinski definition) is 2. The van der Waals surface area contributed by atoms with E-state index in [-0.39, 0.29) is 5.91 Å². The first-order chi connectivity index (χ1) is 12.2. The lowest BCUT2D eigenvalue weighted by Crippen LogP contribution is -2.22. The van der Waals surface area contributed by atoms with E-state index in [1.54, 1.807) is 0 Å². The highest BCUT2D eigenvalue weighted by molar-refractivity contribution is 5.76. The number of carbonyl (C=O) groups excluding carboxylic acids is 1. The Morgan fingerprint density at radius 1 is 1.24 bits per heavy atom. The molecule has 0 N–H and O–H groups in total. The molecule has 2 heterocycles. The second-order valence-electron chi connectivity index (χ2n) is 6.80. The molecule has 1 fully saturated rings. The molecule has 0 aliphatic carbocycles. The highest BCUT2D eigenvalue weighted by Gasteiger charge is 2.15. The summed E-state index contributed by atoms with van der Waals surface area (Å²) in [7, 11) is 0. The number of benzene rings is 1. The molecule has 0 radical (unpaired) electrons. The number of aryl methyl sites for hydroxylation is 1. The number of pyridine rings is 1. The Kier molecular flexibility index (Phi) is 6.18. The van der Waals surface area contributed by atoms with Crippen LogP contribution >= 0.6 is 0 Å². The smallest absolute Gasteiger partial charge is 0.247 e. The Morgan fingerprint density at radius 2 is 2.08 bits per heavy atom. The summed E-state index contributed by atoms with van der Waals surface area (Å²) in [5.74, 6) is 0.456. The van der Waals surface area contributed by atoms with E-state index in [0.29, 0.717) is 24.4 Å². The third-order valence-corrected chi connectivity index (χ3v) is 4.65. The van der Waals surface area contributed by atoms with E-state index in [0.717, 1.165) is 32.5 Å². The van der Waals surface area contributed by atoms with E-state index in [1.165, 1.54) is 11.1 Å². The van der Waals surface area contributed by atoms with Gasteiger partial charge in [-0.25, -0.2) is 0 Å². The second-order valence-corrected chi connectivity index (χ2v) is 6.80. The molecule has 0 saturated carbocycles. The largest absolute Gasteiger partial charge is 0.381 e. The van der Waals surface area contributed by atoms with Crippen molar-refractivity contribution in [3.63, 3.8) is 0 Å². The minimum atomic E-state index is -0.0468. The van der Waals surface area contributed by atoms with Crippen molar-refractivity contribution in [2.24, 2.45) is 10.9 Å². The van der Waals surface area contributed by atoms with Gasteiger partial charge in [-0.3, -0.25) is 4.79 Å². The Balaban J connectivity index is 1.67. The van der Waals surface area contributed by atoms with Crippen LogP contribution in [0.5, 0.6) is 0 Å². The maximum atomic E-state index is 12.3. The van der Waals surface area contributed by atoms with Gasteiger partial charge in [0, 0.05) is 32.4 Å². The van der Waals surface area contributed by atoms with Gasteiger partial charge in [0.1, 0.15) is 5.49 Å². The van der Waals surface area contributed by atoms with Crippen molar-refractivity contribution < 1.29 is 9.53 Å². The zero-order valence-corrected chi connectivity index (χ0v) is 14.9. The average molecular weight is 338 g/mol. The van der Waals surface area contributed by atoms with Crippen LogP contribution in [0.15, 0.2) is 53.7 Å². The van der Waals surface area contributed by atoms with Crippen molar-refractivity contribution in [3.8, 4) is 0 Å². The molecule has 3 rings (SSSR count). The van der Waals surface area contributed by atoms with Crippen LogP contribution in [0.1, 0.15) is 36.8 Å². The Hall–Kier alpha value is -2.20. The minimum Gasteiger partial charge on any atom is -0.381 e. The molecular weight excluding hydrogens is 312 g/mol. The second kappa shape index (κ2) is 8.77. The van der Waals surface area contributed by atoms with Gasteiger partial charge in [-0.15, -0.1) is 0 Å². The lowest BCUT2D eigenvalue weighted by Gasteiger charge is -2.21. The Labute approximate surface area is 149 Å². The molecule has 1 unspecified atom stereocenters. The summed E-state index contributed by atoms with van der Waals surface area (Å²) in [6.45, 7) is 4.43. The van der Waals surface area contributed by atoms with Crippen LogP contribution in [-0.4, -0.2) is 23.7 Å². The molecule has 0 bridgehead atoms. The van der Waals surface area contributed by atoms with Crippen molar-refractivity contribution in [1.29, 1.82) is 0 Å². The molecule has 1 aliphatic heterocycles. The molecule has 25 heavy (non-hydrogen) atoms. The van der Waals surface area contributed by atoms with Gasteiger partial charge in [0.05, 0.1) is 0 Å². The van der Waals surface area contributed by atoms with Crippen LogP contribution in [0.2, 0.25) is 0 Å². The van der Waals surface area contributed by atoms with Crippen molar-refractivity contribution in [3.05, 3.63) is 65.3 Å². The van der Waals surface area contributed by atoms with Gasteiger partial charge >= 0.3 is 0 Å². The van der Waals surface area contributed by atoms with E-state index in [2.05, 4.69) is 36.2 Å². The third-order valence-electron chi connectivity index (χ3n) is 4.65. The highest BCUT2D eigenvalue weighted by atomic mass is 16.5. The van der Waals surface area contributed by atoms with Gasteiger partial charge in [-0.1, -0.05) is 35.9 Å². The molecule has 1 amide bonds. The van der Waals surface area contributed by atoms with Crippen LogP contribution < -0.4 is 5.49 Å². The summed E-state index contributed by atoms with van der Waals surface area (Å²) in [6.07, 6.45) is 5.60. The van der Waals surface area contributed by atoms with Crippen molar-refractivity contribution in [1.82, 2.24) is 4.57 Å². The number of hydrogen-bond donors (Lipinski definition) is 0. The first-order valence-electron chi connectivity index (χ1n) is 9.07. The predicted octanol–water partition coefficient (Wildman–Crippen LogP) is 3.48. The summed E-state index contributed by atoms with van der Waals surface area (Å²) >= 11 is 0. The normalized spacial score (nSPS) is 18.3. The van der Waals surface area contributed by atoms with Crippen molar-refractivity contribution in [2.45, 2.75) is 39.2 Å². The number of ether oxygens (including phenoxy) is 1. The van der Waals surface area contributed by atoms with Crippen LogP contribution in [0, 0.1) is 12.8 Å². The maximum Gasteiger partial charge on any atom is 0.247 e. The zero-order chi connectivity index (χ0) is 17.5. The number of rotatable bonds is 5. The van der Waals surface area contributed by atoms with E-state index in [9.17, 15) is 4.79 Å². The number of amides is 1. The lowest BCUT2D eigenvalue weighted by atomic mass is 9.97. The van der Waals surface area contributed by atoms with Crippen LogP contribution in [-0.2, 0) is 16.1 Å². The lowest BCUT2D eigenvalue weighted by molar-refractivity contribution is -0.118. The molecule has 4 nitrogen and oxygen atoms in total. The van der Waals surface area contributed by atoms with Gasteiger partial charge < -0.3 is 9.30 Å². The monoisotopic (exact) mass is 338 g/mol. The topological polar surface area (TPSA) is 43.6 Å².